The summed E-state index contributed by atoms with van der Waals surface area (Å²) in [7, 11) is 0. The van der Waals surface area contributed by atoms with Gasteiger partial charge in [-0.15, -0.1) is 0 Å². The minimum absolute atomic E-state index is 0.239. The van der Waals surface area contributed by atoms with Crippen LogP contribution in [-0.4, -0.2) is 34.2 Å². The summed E-state index contributed by atoms with van der Waals surface area (Å²) in [4.78, 5) is 41.6. The van der Waals surface area contributed by atoms with Crippen LogP contribution in [0.3, 0.4) is 0 Å². The molecule has 0 spiro atoms. The van der Waals surface area contributed by atoms with Gasteiger partial charge >= 0.3 is 5.97 Å². The zero-order valence-corrected chi connectivity index (χ0v) is 13.4. The van der Waals surface area contributed by atoms with E-state index in [-0.39, 0.29) is 35.9 Å². The predicted molar refractivity (Wildman–Crippen MR) is 79.7 cm³/mol. The Morgan fingerprint density at radius 2 is 1.91 bits per heavy atom. The number of hydrogen-bond acceptors (Lipinski definition) is 5. The lowest BCUT2D eigenvalue weighted by atomic mass is 9.81. The van der Waals surface area contributed by atoms with E-state index in [9.17, 15) is 14.4 Å². The Morgan fingerprint density at radius 1 is 1.27 bits per heavy atom. The molecule has 2 heterocycles. The van der Waals surface area contributed by atoms with E-state index in [1.165, 1.54) is 0 Å². The minimum atomic E-state index is -0.644. The highest BCUT2D eigenvalue weighted by atomic mass is 79.9. The Balaban J connectivity index is 1.68. The van der Waals surface area contributed by atoms with E-state index in [1.807, 2.05) is 0 Å². The van der Waals surface area contributed by atoms with E-state index in [0.29, 0.717) is 4.60 Å². The lowest BCUT2D eigenvalue weighted by molar-refractivity contribution is -0.148. The van der Waals surface area contributed by atoms with Crippen LogP contribution in [-0.2, 0) is 14.4 Å². The second kappa shape index (κ2) is 6.16. The number of halogens is 1. The zero-order valence-electron chi connectivity index (χ0n) is 11.8. The fraction of sp³-hybridized carbons (Fsp3) is 0.467. The number of rotatable bonds is 3. The van der Waals surface area contributed by atoms with Crippen LogP contribution in [0.15, 0.2) is 22.9 Å². The normalized spacial score (nSPS) is 24.3. The first-order chi connectivity index (χ1) is 10.6. The zero-order chi connectivity index (χ0) is 15.7. The highest BCUT2D eigenvalue weighted by Crippen LogP contribution is 2.37. The van der Waals surface area contributed by atoms with Crippen LogP contribution in [0.1, 0.15) is 25.7 Å². The molecule has 1 aromatic rings. The highest BCUT2D eigenvalue weighted by Gasteiger charge is 2.48. The monoisotopic (exact) mass is 366 g/mol. The van der Waals surface area contributed by atoms with Crippen LogP contribution in [0.5, 0.6) is 5.75 Å². The summed E-state index contributed by atoms with van der Waals surface area (Å²) in [5.74, 6) is -1.36. The largest absolute Gasteiger partial charge is 0.422 e. The molecular formula is C15H15BrN2O4. The third-order valence-corrected chi connectivity index (χ3v) is 4.76. The van der Waals surface area contributed by atoms with Gasteiger partial charge in [-0.2, -0.15) is 0 Å². The molecule has 0 N–H and O–H groups in total. The molecule has 6 nitrogen and oxygen atoms in total. The van der Waals surface area contributed by atoms with Gasteiger partial charge in [0.05, 0.1) is 11.8 Å². The number of pyridine rings is 1. The Morgan fingerprint density at radius 3 is 2.50 bits per heavy atom. The molecule has 1 aromatic heterocycles. The molecule has 116 valence electrons. The standard InChI is InChI=1S/C15H15BrN2O4/c16-13-11(6-3-7-17-13)22-12(19)8-18-14(20)9-4-1-2-5-10(9)15(18)21/h3,6-7,9-10H,1-2,4-5,8H2. The molecule has 2 fully saturated rings. The van der Waals surface area contributed by atoms with Gasteiger partial charge in [-0.1, -0.05) is 12.8 Å². The quantitative estimate of drug-likeness (QED) is 0.464. The molecule has 1 aliphatic carbocycles. The van der Waals surface area contributed by atoms with Crippen molar-refractivity contribution in [3.8, 4) is 5.75 Å². The van der Waals surface area contributed by atoms with E-state index in [0.717, 1.165) is 30.6 Å². The molecule has 2 aliphatic rings. The lowest BCUT2D eigenvalue weighted by Gasteiger charge is -2.19. The number of likely N-dealkylation sites (tertiary alicyclic amines) is 1. The van der Waals surface area contributed by atoms with Gasteiger partial charge in [-0.25, -0.2) is 9.78 Å². The van der Waals surface area contributed by atoms with E-state index >= 15 is 0 Å². The first-order valence-electron chi connectivity index (χ1n) is 7.24. The topological polar surface area (TPSA) is 76.6 Å². The molecule has 2 amide bonds. The summed E-state index contributed by atoms with van der Waals surface area (Å²) >= 11 is 3.18. The Labute approximate surface area is 136 Å². The third kappa shape index (κ3) is 2.77. The van der Waals surface area contributed by atoms with Crippen molar-refractivity contribution in [2.45, 2.75) is 25.7 Å². The third-order valence-electron chi connectivity index (χ3n) is 4.17. The first kappa shape index (κ1) is 15.1. The molecule has 1 saturated carbocycles. The predicted octanol–water partition coefficient (Wildman–Crippen LogP) is 1.92. The summed E-state index contributed by atoms with van der Waals surface area (Å²) in [6.07, 6.45) is 4.94. The van der Waals surface area contributed by atoms with Gasteiger partial charge in [0.1, 0.15) is 11.1 Å². The number of imide groups is 1. The maximum Gasteiger partial charge on any atom is 0.331 e. The van der Waals surface area contributed by atoms with E-state index < -0.39 is 5.97 Å². The SMILES string of the molecule is O=C(CN1C(=O)C2CCCCC2C1=O)Oc1cccnc1Br. The smallest absolute Gasteiger partial charge is 0.331 e. The van der Waals surface area contributed by atoms with Crippen LogP contribution >= 0.6 is 15.9 Å². The lowest BCUT2D eigenvalue weighted by Crippen LogP contribution is -2.37. The molecule has 2 unspecified atom stereocenters. The van der Waals surface area contributed by atoms with Crippen molar-refractivity contribution < 1.29 is 19.1 Å². The molecule has 7 heteroatoms. The molecular weight excluding hydrogens is 352 g/mol. The Hall–Kier alpha value is -1.76. The summed E-state index contributed by atoms with van der Waals surface area (Å²) in [6.45, 7) is -0.341. The summed E-state index contributed by atoms with van der Waals surface area (Å²) < 4.78 is 5.56. The summed E-state index contributed by atoms with van der Waals surface area (Å²) in [5.41, 5.74) is 0. The maximum atomic E-state index is 12.3. The molecule has 2 atom stereocenters. The van der Waals surface area contributed by atoms with Crippen LogP contribution in [0.4, 0.5) is 0 Å². The Kier molecular flexibility index (Phi) is 4.24. The molecule has 3 rings (SSSR count). The van der Waals surface area contributed by atoms with Gasteiger partial charge < -0.3 is 4.74 Å². The van der Waals surface area contributed by atoms with Crippen LogP contribution in [0, 0.1) is 11.8 Å². The van der Waals surface area contributed by atoms with Gasteiger partial charge in [0.25, 0.3) is 0 Å². The summed E-state index contributed by atoms with van der Waals surface area (Å²) in [5, 5.41) is 0. The minimum Gasteiger partial charge on any atom is -0.422 e. The van der Waals surface area contributed by atoms with Gasteiger partial charge in [0.2, 0.25) is 11.8 Å². The number of carbonyl (C=O) groups is 3. The molecule has 22 heavy (non-hydrogen) atoms. The molecule has 0 aromatic carbocycles. The highest BCUT2D eigenvalue weighted by molar-refractivity contribution is 9.10. The van der Waals surface area contributed by atoms with Crippen molar-refractivity contribution in [2.75, 3.05) is 6.54 Å². The van der Waals surface area contributed by atoms with Crippen LogP contribution in [0.25, 0.3) is 0 Å². The van der Waals surface area contributed by atoms with Gasteiger partial charge in [-0.05, 0) is 40.9 Å². The van der Waals surface area contributed by atoms with Crippen molar-refractivity contribution >= 4 is 33.7 Å². The number of carbonyl (C=O) groups excluding carboxylic acids is 3. The van der Waals surface area contributed by atoms with Crippen molar-refractivity contribution in [3.05, 3.63) is 22.9 Å². The molecule has 0 radical (unpaired) electrons. The number of fused-ring (bicyclic) bond motifs is 1. The first-order valence-corrected chi connectivity index (χ1v) is 8.03. The second-order valence-corrected chi connectivity index (χ2v) is 6.28. The van der Waals surface area contributed by atoms with E-state index in [4.69, 9.17) is 4.74 Å². The van der Waals surface area contributed by atoms with Crippen molar-refractivity contribution in [2.24, 2.45) is 11.8 Å². The Bertz CT molecular complexity index is 610. The number of hydrogen-bond donors (Lipinski definition) is 0. The molecule has 1 aliphatic heterocycles. The van der Waals surface area contributed by atoms with E-state index in [1.54, 1.807) is 18.3 Å². The van der Waals surface area contributed by atoms with Crippen molar-refractivity contribution in [1.29, 1.82) is 0 Å². The fourth-order valence-corrected chi connectivity index (χ4v) is 3.45. The van der Waals surface area contributed by atoms with E-state index in [2.05, 4.69) is 20.9 Å². The number of ether oxygens (including phenoxy) is 1. The summed E-state index contributed by atoms with van der Waals surface area (Å²) in [6, 6.07) is 3.22. The number of aromatic nitrogens is 1. The number of amides is 2. The molecule has 0 bridgehead atoms. The maximum absolute atomic E-state index is 12.3. The van der Waals surface area contributed by atoms with Gasteiger partial charge in [0.15, 0.2) is 5.75 Å². The molecule has 1 saturated heterocycles. The average molecular weight is 367 g/mol. The fourth-order valence-electron chi connectivity index (χ4n) is 3.12. The average Bonchev–Trinajstić information content (AvgIpc) is 2.75. The van der Waals surface area contributed by atoms with Gasteiger partial charge in [-0.3, -0.25) is 14.5 Å². The van der Waals surface area contributed by atoms with Crippen LogP contribution < -0.4 is 4.74 Å². The number of esters is 1. The van der Waals surface area contributed by atoms with Gasteiger partial charge in [0, 0.05) is 6.20 Å². The van der Waals surface area contributed by atoms with Crippen molar-refractivity contribution in [1.82, 2.24) is 9.88 Å². The second-order valence-electron chi connectivity index (χ2n) is 5.53. The van der Waals surface area contributed by atoms with Crippen LogP contribution in [0.2, 0.25) is 0 Å². The van der Waals surface area contributed by atoms with Crippen molar-refractivity contribution in [3.63, 3.8) is 0 Å². The number of nitrogens with zero attached hydrogens (tertiary/aromatic N) is 2.